The quantitative estimate of drug-likeness (QED) is 0.605. The van der Waals surface area contributed by atoms with Crippen LogP contribution >= 0.6 is 0 Å². The fourth-order valence-corrected chi connectivity index (χ4v) is 3.24. The first-order valence-corrected chi connectivity index (χ1v) is 8.36. The number of aromatic nitrogens is 5. The lowest BCUT2D eigenvalue weighted by atomic mass is 10.00. The number of nitrogens with zero attached hydrogens (tertiary/aromatic N) is 4. The van der Waals surface area contributed by atoms with Gasteiger partial charge in [0.25, 0.3) is 0 Å². The average Bonchev–Trinajstić information content (AvgIpc) is 3.05. The van der Waals surface area contributed by atoms with Crippen LogP contribution in [0.25, 0.3) is 33.7 Å². The van der Waals surface area contributed by atoms with Crippen LogP contribution in [-0.2, 0) is 12.6 Å². The van der Waals surface area contributed by atoms with Gasteiger partial charge in [-0.3, -0.25) is 4.68 Å². The molecule has 4 aromatic rings. The van der Waals surface area contributed by atoms with Crippen LogP contribution in [0, 0.1) is 0 Å². The summed E-state index contributed by atoms with van der Waals surface area (Å²) in [5.74, 6) is 0.776. The summed E-state index contributed by atoms with van der Waals surface area (Å²) >= 11 is 0. The molecule has 1 aliphatic rings. The van der Waals surface area contributed by atoms with E-state index in [1.165, 1.54) is 5.56 Å². The molecule has 1 saturated carbocycles. The number of benzene rings is 1. The molecule has 1 aliphatic carbocycles. The minimum atomic E-state index is -0.104. The number of nitrogens with two attached hydrogens (primary N) is 1. The van der Waals surface area contributed by atoms with E-state index < -0.39 is 0 Å². The Bertz CT molecular complexity index is 1070. The third-order valence-corrected chi connectivity index (χ3v) is 4.93. The molecule has 0 bridgehead atoms. The van der Waals surface area contributed by atoms with Gasteiger partial charge in [-0.15, -0.1) is 0 Å². The number of aryl methyl sites for hydroxylation is 1. The van der Waals surface area contributed by atoms with Gasteiger partial charge in [0, 0.05) is 30.5 Å². The van der Waals surface area contributed by atoms with E-state index in [9.17, 15) is 0 Å². The Kier molecular flexibility index (Phi) is 2.87. The highest BCUT2D eigenvalue weighted by Gasteiger charge is 2.39. The molecule has 5 rings (SSSR count). The number of rotatable bonds is 3. The molecule has 1 aromatic carbocycles. The Morgan fingerprint density at radius 3 is 2.60 bits per heavy atom. The highest BCUT2D eigenvalue weighted by molar-refractivity contribution is 5.91. The summed E-state index contributed by atoms with van der Waals surface area (Å²) in [6.07, 6.45) is 7.66. The highest BCUT2D eigenvalue weighted by Crippen LogP contribution is 2.43. The molecule has 0 unspecified atom stereocenters. The molecule has 3 aromatic heterocycles. The van der Waals surface area contributed by atoms with Gasteiger partial charge in [0.1, 0.15) is 5.82 Å². The molecule has 0 aliphatic heterocycles. The second kappa shape index (κ2) is 5.00. The number of hydrogen-bond donors (Lipinski definition) is 2. The van der Waals surface area contributed by atoms with Gasteiger partial charge in [-0.25, -0.2) is 9.97 Å². The van der Waals surface area contributed by atoms with Crippen molar-refractivity contribution in [3.05, 3.63) is 54.5 Å². The van der Waals surface area contributed by atoms with Gasteiger partial charge in [-0.2, -0.15) is 5.10 Å². The minimum Gasteiger partial charge on any atom is -0.336 e. The Morgan fingerprint density at radius 2 is 1.92 bits per heavy atom. The largest absolute Gasteiger partial charge is 0.336 e. The van der Waals surface area contributed by atoms with E-state index in [1.54, 1.807) is 17.1 Å². The average molecular weight is 330 g/mol. The molecule has 0 atom stereocenters. The van der Waals surface area contributed by atoms with Gasteiger partial charge < -0.3 is 10.7 Å². The molecule has 6 nitrogen and oxygen atoms in total. The predicted octanol–water partition coefficient (Wildman–Crippen LogP) is 2.97. The molecule has 0 amide bonds. The third-order valence-electron chi connectivity index (χ3n) is 4.93. The van der Waals surface area contributed by atoms with Crippen LogP contribution in [0.15, 0.2) is 48.9 Å². The van der Waals surface area contributed by atoms with Crippen molar-refractivity contribution in [2.45, 2.75) is 18.4 Å². The van der Waals surface area contributed by atoms with Crippen molar-refractivity contribution in [2.24, 2.45) is 12.8 Å². The van der Waals surface area contributed by atoms with Crippen LogP contribution < -0.4 is 5.73 Å². The second-order valence-corrected chi connectivity index (χ2v) is 6.78. The minimum absolute atomic E-state index is 0.104. The first kappa shape index (κ1) is 14.4. The maximum Gasteiger partial charge on any atom is 0.178 e. The number of nitrogens with one attached hydrogen (secondary N) is 1. The molecular formula is C19H18N6. The standard InChI is InChI=1S/C19H18N6/c1-25-11-13(10-22-25)17-23-16-15(6-9-21-18(16)24-17)12-2-4-14(5-3-12)19(20)7-8-19/h2-6,9-11H,7-8,20H2,1H3,(H,21,23,24). The molecule has 3 N–H and O–H groups in total. The van der Waals surface area contributed by atoms with E-state index in [0.29, 0.717) is 5.65 Å². The van der Waals surface area contributed by atoms with Crippen LogP contribution in [0.4, 0.5) is 0 Å². The van der Waals surface area contributed by atoms with Crippen molar-refractivity contribution < 1.29 is 0 Å². The number of H-pyrrole nitrogens is 1. The lowest BCUT2D eigenvalue weighted by Crippen LogP contribution is -2.18. The lowest BCUT2D eigenvalue weighted by molar-refractivity contribution is 0.740. The fraction of sp³-hybridized carbons (Fsp3) is 0.211. The summed E-state index contributed by atoms with van der Waals surface area (Å²) in [6, 6.07) is 10.5. The molecule has 124 valence electrons. The van der Waals surface area contributed by atoms with Crippen LogP contribution in [0.3, 0.4) is 0 Å². The van der Waals surface area contributed by atoms with Gasteiger partial charge in [0.05, 0.1) is 17.3 Å². The lowest BCUT2D eigenvalue weighted by Gasteiger charge is -2.10. The zero-order chi connectivity index (χ0) is 17.0. The first-order chi connectivity index (χ1) is 12.1. The van der Waals surface area contributed by atoms with E-state index in [0.717, 1.165) is 40.9 Å². The highest BCUT2D eigenvalue weighted by atomic mass is 15.2. The SMILES string of the molecule is Cn1cc(-c2nc3nccc(-c4ccc(C5(N)CC5)cc4)c3[nH]2)cn1. The van der Waals surface area contributed by atoms with Gasteiger partial charge in [-0.05, 0) is 30.0 Å². The number of aromatic amines is 1. The molecule has 3 heterocycles. The van der Waals surface area contributed by atoms with Gasteiger partial charge in [-0.1, -0.05) is 24.3 Å². The maximum absolute atomic E-state index is 6.28. The fourth-order valence-electron chi connectivity index (χ4n) is 3.24. The number of fused-ring (bicyclic) bond motifs is 1. The van der Waals surface area contributed by atoms with E-state index in [1.807, 2.05) is 19.3 Å². The molecule has 25 heavy (non-hydrogen) atoms. The van der Waals surface area contributed by atoms with E-state index >= 15 is 0 Å². The summed E-state index contributed by atoms with van der Waals surface area (Å²) < 4.78 is 1.76. The molecule has 6 heteroatoms. The van der Waals surface area contributed by atoms with Crippen molar-refractivity contribution >= 4 is 11.2 Å². The maximum atomic E-state index is 6.28. The Hall–Kier alpha value is -2.99. The van der Waals surface area contributed by atoms with Crippen molar-refractivity contribution in [1.29, 1.82) is 0 Å². The molecule has 0 radical (unpaired) electrons. The van der Waals surface area contributed by atoms with E-state index in [4.69, 9.17) is 5.73 Å². The van der Waals surface area contributed by atoms with Gasteiger partial charge in [0.15, 0.2) is 5.65 Å². The number of imidazole rings is 1. The van der Waals surface area contributed by atoms with Crippen LogP contribution in [0.1, 0.15) is 18.4 Å². The topological polar surface area (TPSA) is 85.4 Å². The normalized spacial score (nSPS) is 15.6. The van der Waals surface area contributed by atoms with Gasteiger partial charge >= 0.3 is 0 Å². The van der Waals surface area contributed by atoms with E-state index in [-0.39, 0.29) is 5.54 Å². The third kappa shape index (κ3) is 2.34. The van der Waals surface area contributed by atoms with Crippen molar-refractivity contribution in [1.82, 2.24) is 24.7 Å². The molecule has 0 saturated heterocycles. The summed E-state index contributed by atoms with van der Waals surface area (Å²) in [4.78, 5) is 12.4. The zero-order valence-electron chi connectivity index (χ0n) is 13.9. The van der Waals surface area contributed by atoms with Crippen molar-refractivity contribution in [3.8, 4) is 22.5 Å². The first-order valence-electron chi connectivity index (χ1n) is 8.36. The smallest absolute Gasteiger partial charge is 0.178 e. The molecule has 0 spiro atoms. The number of pyridine rings is 1. The molecular weight excluding hydrogens is 312 g/mol. The monoisotopic (exact) mass is 330 g/mol. The van der Waals surface area contributed by atoms with Crippen LogP contribution in [-0.4, -0.2) is 24.7 Å². The summed E-state index contributed by atoms with van der Waals surface area (Å²) in [6.45, 7) is 0. The molecule has 1 fully saturated rings. The second-order valence-electron chi connectivity index (χ2n) is 6.78. The van der Waals surface area contributed by atoms with Crippen LogP contribution in [0.5, 0.6) is 0 Å². The van der Waals surface area contributed by atoms with Gasteiger partial charge in [0.2, 0.25) is 0 Å². The van der Waals surface area contributed by atoms with Crippen LogP contribution in [0.2, 0.25) is 0 Å². The predicted molar refractivity (Wildman–Crippen MR) is 96.6 cm³/mol. The summed E-state index contributed by atoms with van der Waals surface area (Å²) in [5.41, 5.74) is 12.2. The van der Waals surface area contributed by atoms with Crippen molar-refractivity contribution in [2.75, 3.05) is 0 Å². The summed E-state index contributed by atoms with van der Waals surface area (Å²) in [7, 11) is 1.89. The Labute approximate surface area is 144 Å². The van der Waals surface area contributed by atoms with E-state index in [2.05, 4.69) is 44.3 Å². The Morgan fingerprint density at radius 1 is 1.12 bits per heavy atom. The zero-order valence-corrected chi connectivity index (χ0v) is 13.9. The number of hydrogen-bond acceptors (Lipinski definition) is 4. The van der Waals surface area contributed by atoms with Crippen molar-refractivity contribution in [3.63, 3.8) is 0 Å². The summed E-state index contributed by atoms with van der Waals surface area (Å²) in [5, 5.41) is 4.21. The Balaban J connectivity index is 1.60.